The highest BCUT2D eigenvalue weighted by Crippen LogP contribution is 2.28. The number of anilines is 1. The highest BCUT2D eigenvalue weighted by atomic mass is 15.2. The molecule has 3 heterocycles. The van der Waals surface area contributed by atoms with Crippen LogP contribution in [0.2, 0.25) is 0 Å². The number of rotatable bonds is 1. The Kier molecular flexibility index (Phi) is 2.52. The topological polar surface area (TPSA) is 31.9 Å². The van der Waals surface area contributed by atoms with Crippen molar-refractivity contribution in [2.45, 2.75) is 19.9 Å². The number of fused-ring (bicyclic) bond motifs is 2. The largest absolute Gasteiger partial charge is 0.356 e. The lowest BCUT2D eigenvalue weighted by atomic mass is 10.00. The third-order valence-electron chi connectivity index (χ3n) is 4.09. The standard InChI is InChI=1S/C17H17N3/c1-12-10-14-6-8-18-17(16(14)19-12)20-9-7-13-4-2-3-5-15(13)11-20/h2-6,8,10,19H,7,9,11H2,1H3. The van der Waals surface area contributed by atoms with E-state index in [2.05, 4.69) is 58.2 Å². The molecule has 0 bridgehead atoms. The Balaban J connectivity index is 1.78. The van der Waals surface area contributed by atoms with Crippen LogP contribution in [0, 0.1) is 6.92 Å². The lowest BCUT2D eigenvalue weighted by Crippen LogP contribution is -2.31. The highest BCUT2D eigenvalue weighted by molar-refractivity contribution is 5.89. The van der Waals surface area contributed by atoms with Gasteiger partial charge in [-0.25, -0.2) is 4.98 Å². The van der Waals surface area contributed by atoms with Gasteiger partial charge < -0.3 is 9.88 Å². The molecule has 0 saturated heterocycles. The highest BCUT2D eigenvalue weighted by Gasteiger charge is 2.19. The first-order valence-electron chi connectivity index (χ1n) is 7.07. The van der Waals surface area contributed by atoms with Crippen molar-refractivity contribution in [1.29, 1.82) is 0 Å². The van der Waals surface area contributed by atoms with E-state index in [1.54, 1.807) is 0 Å². The lowest BCUT2D eigenvalue weighted by molar-refractivity contribution is 0.723. The van der Waals surface area contributed by atoms with Gasteiger partial charge in [-0.05, 0) is 36.6 Å². The summed E-state index contributed by atoms with van der Waals surface area (Å²) >= 11 is 0. The van der Waals surface area contributed by atoms with E-state index in [4.69, 9.17) is 0 Å². The summed E-state index contributed by atoms with van der Waals surface area (Å²) in [5.41, 5.74) is 5.23. The molecular weight excluding hydrogens is 246 g/mol. The van der Waals surface area contributed by atoms with E-state index in [1.165, 1.54) is 22.2 Å². The van der Waals surface area contributed by atoms with Crippen molar-refractivity contribution in [1.82, 2.24) is 9.97 Å². The zero-order chi connectivity index (χ0) is 13.5. The number of aromatic nitrogens is 2. The minimum absolute atomic E-state index is 0.945. The predicted octanol–water partition coefficient (Wildman–Crippen LogP) is 3.43. The fraction of sp³-hybridized carbons (Fsp3) is 0.235. The Bertz CT molecular complexity index is 773. The number of aryl methyl sites for hydroxylation is 1. The zero-order valence-electron chi connectivity index (χ0n) is 11.6. The van der Waals surface area contributed by atoms with Crippen LogP contribution in [0.5, 0.6) is 0 Å². The number of pyridine rings is 1. The summed E-state index contributed by atoms with van der Waals surface area (Å²) in [6.07, 6.45) is 3.00. The van der Waals surface area contributed by atoms with Gasteiger partial charge in [-0.3, -0.25) is 0 Å². The number of hydrogen-bond acceptors (Lipinski definition) is 2. The number of aromatic amines is 1. The van der Waals surface area contributed by atoms with Gasteiger partial charge in [0.2, 0.25) is 0 Å². The first-order valence-corrected chi connectivity index (χ1v) is 7.07. The molecule has 0 spiro atoms. The SMILES string of the molecule is Cc1cc2ccnc(N3CCc4ccccc4C3)c2[nH]1. The van der Waals surface area contributed by atoms with Crippen molar-refractivity contribution in [3.8, 4) is 0 Å². The molecule has 3 nitrogen and oxygen atoms in total. The number of nitrogens with zero attached hydrogens (tertiary/aromatic N) is 2. The van der Waals surface area contributed by atoms with E-state index in [-0.39, 0.29) is 0 Å². The van der Waals surface area contributed by atoms with E-state index < -0.39 is 0 Å². The van der Waals surface area contributed by atoms with Gasteiger partial charge in [-0.1, -0.05) is 24.3 Å². The van der Waals surface area contributed by atoms with Crippen molar-refractivity contribution in [3.63, 3.8) is 0 Å². The second-order valence-electron chi connectivity index (χ2n) is 5.49. The molecule has 0 saturated carbocycles. The molecule has 0 radical (unpaired) electrons. The third-order valence-corrected chi connectivity index (χ3v) is 4.09. The van der Waals surface area contributed by atoms with Crippen LogP contribution < -0.4 is 4.90 Å². The van der Waals surface area contributed by atoms with E-state index >= 15 is 0 Å². The molecule has 20 heavy (non-hydrogen) atoms. The first kappa shape index (κ1) is 11.5. The van der Waals surface area contributed by atoms with Crippen LogP contribution in [0.3, 0.4) is 0 Å². The van der Waals surface area contributed by atoms with Crippen LogP contribution in [-0.4, -0.2) is 16.5 Å². The normalized spacial score (nSPS) is 14.6. The van der Waals surface area contributed by atoms with Gasteiger partial charge in [-0.2, -0.15) is 0 Å². The molecule has 100 valence electrons. The summed E-state index contributed by atoms with van der Waals surface area (Å²) in [5, 5.41) is 1.24. The summed E-state index contributed by atoms with van der Waals surface area (Å²) in [4.78, 5) is 10.4. The monoisotopic (exact) mass is 263 g/mol. The quantitative estimate of drug-likeness (QED) is 0.729. The summed E-state index contributed by atoms with van der Waals surface area (Å²) in [6.45, 7) is 4.07. The predicted molar refractivity (Wildman–Crippen MR) is 82.0 cm³/mol. The summed E-state index contributed by atoms with van der Waals surface area (Å²) in [7, 11) is 0. The van der Waals surface area contributed by atoms with Crippen molar-refractivity contribution in [3.05, 3.63) is 59.4 Å². The molecule has 0 aliphatic carbocycles. The van der Waals surface area contributed by atoms with Crippen molar-refractivity contribution < 1.29 is 0 Å². The lowest BCUT2D eigenvalue weighted by Gasteiger charge is -2.30. The maximum atomic E-state index is 4.61. The van der Waals surface area contributed by atoms with E-state index in [9.17, 15) is 0 Å². The zero-order valence-corrected chi connectivity index (χ0v) is 11.6. The Morgan fingerprint density at radius 1 is 1.15 bits per heavy atom. The van der Waals surface area contributed by atoms with E-state index in [0.29, 0.717) is 0 Å². The maximum Gasteiger partial charge on any atom is 0.153 e. The number of nitrogens with one attached hydrogen (secondary N) is 1. The molecule has 1 aromatic carbocycles. The van der Waals surface area contributed by atoms with E-state index in [1.807, 2.05) is 6.20 Å². The minimum atomic E-state index is 0.945. The van der Waals surface area contributed by atoms with Gasteiger partial charge in [-0.15, -0.1) is 0 Å². The summed E-state index contributed by atoms with van der Waals surface area (Å²) in [6, 6.07) is 13.0. The smallest absolute Gasteiger partial charge is 0.153 e. The van der Waals surface area contributed by atoms with Crippen LogP contribution in [-0.2, 0) is 13.0 Å². The Morgan fingerprint density at radius 3 is 2.90 bits per heavy atom. The molecule has 0 atom stereocenters. The average molecular weight is 263 g/mol. The second-order valence-corrected chi connectivity index (χ2v) is 5.49. The molecule has 3 heteroatoms. The number of benzene rings is 1. The van der Waals surface area contributed by atoms with Crippen LogP contribution in [0.15, 0.2) is 42.6 Å². The van der Waals surface area contributed by atoms with Gasteiger partial charge in [0.15, 0.2) is 5.82 Å². The summed E-state index contributed by atoms with van der Waals surface area (Å²) in [5.74, 6) is 1.07. The molecular formula is C17H17N3. The fourth-order valence-electron chi connectivity index (χ4n) is 3.10. The summed E-state index contributed by atoms with van der Waals surface area (Å²) < 4.78 is 0. The molecule has 4 rings (SSSR count). The molecule has 2 aromatic heterocycles. The van der Waals surface area contributed by atoms with Crippen LogP contribution in [0.4, 0.5) is 5.82 Å². The first-order chi connectivity index (χ1) is 9.81. The molecule has 0 unspecified atom stereocenters. The Labute approximate surface area is 118 Å². The van der Waals surface area contributed by atoms with Gasteiger partial charge in [0.25, 0.3) is 0 Å². The van der Waals surface area contributed by atoms with Gasteiger partial charge >= 0.3 is 0 Å². The van der Waals surface area contributed by atoms with Crippen LogP contribution in [0.1, 0.15) is 16.8 Å². The molecule has 1 aliphatic heterocycles. The molecule has 1 aliphatic rings. The molecule has 0 amide bonds. The molecule has 1 N–H and O–H groups in total. The number of hydrogen-bond donors (Lipinski definition) is 1. The maximum absolute atomic E-state index is 4.61. The Hall–Kier alpha value is -2.29. The van der Waals surface area contributed by atoms with Crippen LogP contribution >= 0.6 is 0 Å². The molecule has 3 aromatic rings. The van der Waals surface area contributed by atoms with Gasteiger partial charge in [0, 0.05) is 30.4 Å². The van der Waals surface area contributed by atoms with Crippen molar-refractivity contribution in [2.75, 3.05) is 11.4 Å². The van der Waals surface area contributed by atoms with Crippen molar-refractivity contribution >= 4 is 16.7 Å². The number of H-pyrrole nitrogens is 1. The van der Waals surface area contributed by atoms with Crippen molar-refractivity contribution in [2.24, 2.45) is 0 Å². The van der Waals surface area contributed by atoms with Gasteiger partial charge in [0.05, 0.1) is 5.52 Å². The average Bonchev–Trinajstić information content (AvgIpc) is 2.86. The minimum Gasteiger partial charge on any atom is -0.356 e. The molecule has 0 fully saturated rings. The Morgan fingerprint density at radius 2 is 2.00 bits per heavy atom. The van der Waals surface area contributed by atoms with Gasteiger partial charge in [0.1, 0.15) is 0 Å². The van der Waals surface area contributed by atoms with E-state index in [0.717, 1.165) is 30.8 Å². The second kappa shape index (κ2) is 4.37. The third kappa shape index (κ3) is 1.78. The van der Waals surface area contributed by atoms with Crippen LogP contribution in [0.25, 0.3) is 10.9 Å². The fourth-order valence-corrected chi connectivity index (χ4v) is 3.10.